The summed E-state index contributed by atoms with van der Waals surface area (Å²) in [6.45, 7) is 2.50. The standard InChI is InChI=1S/C17H21NO5S3/c1-2-23-14-5-7-15(8-6-14)26(21,22)18-10-9-17(16-4-3-12-24-16)25(19,20)13-11-18/h3-8,12,17H,2,9-11,13H2,1H3. The molecule has 2 heterocycles. The number of hydrogen-bond acceptors (Lipinski definition) is 6. The van der Waals surface area contributed by atoms with Crippen molar-refractivity contribution in [3.63, 3.8) is 0 Å². The molecule has 26 heavy (non-hydrogen) atoms. The zero-order chi connectivity index (χ0) is 18.8. The van der Waals surface area contributed by atoms with Crippen molar-refractivity contribution in [2.24, 2.45) is 0 Å². The summed E-state index contributed by atoms with van der Waals surface area (Å²) in [6, 6.07) is 9.82. The number of thiophene rings is 1. The van der Waals surface area contributed by atoms with Crippen molar-refractivity contribution in [2.45, 2.75) is 23.5 Å². The molecule has 0 spiro atoms. The average Bonchev–Trinajstić information content (AvgIpc) is 3.06. The Morgan fingerprint density at radius 2 is 1.92 bits per heavy atom. The molecular weight excluding hydrogens is 394 g/mol. The minimum Gasteiger partial charge on any atom is -0.494 e. The van der Waals surface area contributed by atoms with Crippen LogP contribution in [0.25, 0.3) is 0 Å². The lowest BCUT2D eigenvalue weighted by atomic mass is 10.2. The molecule has 9 heteroatoms. The summed E-state index contributed by atoms with van der Waals surface area (Å²) in [5.41, 5.74) is 0. The van der Waals surface area contributed by atoms with E-state index in [1.165, 1.54) is 27.8 Å². The maximum Gasteiger partial charge on any atom is 0.243 e. The van der Waals surface area contributed by atoms with Gasteiger partial charge in [-0.25, -0.2) is 16.8 Å². The van der Waals surface area contributed by atoms with Gasteiger partial charge >= 0.3 is 0 Å². The van der Waals surface area contributed by atoms with E-state index >= 15 is 0 Å². The summed E-state index contributed by atoms with van der Waals surface area (Å²) in [7, 11) is -7.13. The minimum absolute atomic E-state index is 0.0280. The molecule has 1 unspecified atom stereocenters. The van der Waals surface area contributed by atoms with Crippen LogP contribution in [0.4, 0.5) is 0 Å². The van der Waals surface area contributed by atoms with E-state index in [0.29, 0.717) is 12.4 Å². The number of rotatable bonds is 5. The number of ether oxygens (including phenoxy) is 1. The number of nitrogens with zero attached hydrogens (tertiary/aromatic N) is 1. The Labute approximate surface area is 158 Å². The first-order chi connectivity index (χ1) is 12.3. The molecule has 0 saturated carbocycles. The molecule has 0 aliphatic carbocycles. The van der Waals surface area contributed by atoms with Gasteiger partial charge in [0.25, 0.3) is 0 Å². The smallest absolute Gasteiger partial charge is 0.243 e. The summed E-state index contributed by atoms with van der Waals surface area (Å²) in [5.74, 6) is 0.425. The highest BCUT2D eigenvalue weighted by molar-refractivity contribution is 7.92. The zero-order valence-corrected chi connectivity index (χ0v) is 16.8. The molecule has 0 N–H and O–H groups in total. The van der Waals surface area contributed by atoms with Crippen molar-refractivity contribution in [1.29, 1.82) is 0 Å². The zero-order valence-electron chi connectivity index (χ0n) is 14.4. The second-order valence-corrected chi connectivity index (χ2v) is 11.2. The van der Waals surface area contributed by atoms with Gasteiger partial charge in [-0.2, -0.15) is 4.31 Å². The second-order valence-electron chi connectivity index (χ2n) is 5.97. The quantitative estimate of drug-likeness (QED) is 0.750. The van der Waals surface area contributed by atoms with Gasteiger partial charge < -0.3 is 4.74 Å². The van der Waals surface area contributed by atoms with Crippen molar-refractivity contribution in [1.82, 2.24) is 4.31 Å². The fourth-order valence-electron chi connectivity index (χ4n) is 2.98. The number of sulfonamides is 1. The first kappa shape index (κ1) is 19.3. The van der Waals surface area contributed by atoms with E-state index in [0.717, 1.165) is 4.88 Å². The van der Waals surface area contributed by atoms with Gasteiger partial charge in [-0.3, -0.25) is 0 Å². The van der Waals surface area contributed by atoms with E-state index in [2.05, 4.69) is 0 Å². The largest absolute Gasteiger partial charge is 0.494 e. The Kier molecular flexibility index (Phi) is 5.71. The molecule has 1 aliphatic heterocycles. The molecule has 2 aromatic rings. The van der Waals surface area contributed by atoms with Crippen molar-refractivity contribution in [2.75, 3.05) is 25.4 Å². The van der Waals surface area contributed by atoms with Gasteiger partial charge in [-0.05, 0) is 49.1 Å². The Morgan fingerprint density at radius 1 is 1.19 bits per heavy atom. The fourth-order valence-corrected chi connectivity index (χ4v) is 7.56. The summed E-state index contributed by atoms with van der Waals surface area (Å²) in [5, 5.41) is 1.20. The highest BCUT2D eigenvalue weighted by Gasteiger charge is 2.36. The van der Waals surface area contributed by atoms with Gasteiger partial charge in [0.2, 0.25) is 10.0 Å². The molecule has 1 fully saturated rings. The van der Waals surface area contributed by atoms with E-state index < -0.39 is 25.1 Å². The Hall–Kier alpha value is -1.42. The number of hydrogen-bond donors (Lipinski definition) is 0. The second kappa shape index (κ2) is 7.67. The van der Waals surface area contributed by atoms with Crippen molar-refractivity contribution in [3.8, 4) is 5.75 Å². The number of benzene rings is 1. The van der Waals surface area contributed by atoms with E-state index in [9.17, 15) is 16.8 Å². The first-order valence-electron chi connectivity index (χ1n) is 8.32. The molecule has 6 nitrogen and oxygen atoms in total. The topological polar surface area (TPSA) is 80.8 Å². The van der Waals surface area contributed by atoms with Crippen LogP contribution in [0.3, 0.4) is 0 Å². The van der Waals surface area contributed by atoms with Crippen molar-refractivity contribution < 1.29 is 21.6 Å². The Balaban J connectivity index is 1.83. The molecule has 1 aromatic heterocycles. The summed E-state index contributed by atoms with van der Waals surface area (Å²) in [6.07, 6.45) is 0.263. The highest BCUT2D eigenvalue weighted by atomic mass is 32.2. The molecule has 0 radical (unpaired) electrons. The Morgan fingerprint density at radius 3 is 2.54 bits per heavy atom. The summed E-state index contributed by atoms with van der Waals surface area (Å²) < 4.78 is 57.6. The lowest BCUT2D eigenvalue weighted by Gasteiger charge is -2.19. The molecule has 1 saturated heterocycles. The third-order valence-corrected chi connectivity index (χ3v) is 9.49. The van der Waals surface area contributed by atoms with Crippen LogP contribution in [0.5, 0.6) is 5.75 Å². The van der Waals surface area contributed by atoms with Gasteiger partial charge in [0, 0.05) is 18.0 Å². The maximum atomic E-state index is 12.9. The predicted molar refractivity (Wildman–Crippen MR) is 102 cm³/mol. The van der Waals surface area contributed by atoms with Crippen LogP contribution in [0.2, 0.25) is 0 Å². The van der Waals surface area contributed by atoms with E-state index in [1.807, 2.05) is 18.4 Å². The number of sulfone groups is 1. The SMILES string of the molecule is CCOc1ccc(S(=O)(=O)N2CCC(c3cccs3)S(=O)(=O)CC2)cc1. The lowest BCUT2D eigenvalue weighted by molar-refractivity contribution is 0.340. The van der Waals surface area contributed by atoms with Crippen LogP contribution >= 0.6 is 11.3 Å². The van der Waals surface area contributed by atoms with Gasteiger partial charge in [0.15, 0.2) is 9.84 Å². The molecule has 1 atom stereocenters. The molecule has 142 valence electrons. The minimum atomic E-state index is -3.74. The van der Waals surface area contributed by atoms with Gasteiger partial charge in [-0.1, -0.05) is 6.07 Å². The van der Waals surface area contributed by atoms with Crippen LogP contribution < -0.4 is 4.74 Å². The van der Waals surface area contributed by atoms with Crippen LogP contribution in [-0.2, 0) is 19.9 Å². The highest BCUT2D eigenvalue weighted by Crippen LogP contribution is 2.33. The predicted octanol–water partition coefficient (Wildman–Crippen LogP) is 2.70. The fraction of sp³-hybridized carbons (Fsp3) is 0.412. The molecule has 1 aliphatic rings. The van der Waals surface area contributed by atoms with Gasteiger partial charge in [0.1, 0.15) is 5.75 Å². The van der Waals surface area contributed by atoms with Crippen LogP contribution in [0.1, 0.15) is 23.5 Å². The third-order valence-electron chi connectivity index (χ3n) is 4.33. The van der Waals surface area contributed by atoms with E-state index in [1.54, 1.807) is 18.2 Å². The van der Waals surface area contributed by atoms with Crippen molar-refractivity contribution >= 4 is 31.2 Å². The lowest BCUT2D eigenvalue weighted by Crippen LogP contribution is -2.33. The third kappa shape index (κ3) is 3.95. The maximum absolute atomic E-state index is 12.9. The molecule has 0 amide bonds. The normalized spacial score (nSPS) is 21.2. The summed E-state index contributed by atoms with van der Waals surface area (Å²) in [4.78, 5) is 0.915. The monoisotopic (exact) mass is 415 g/mol. The van der Waals surface area contributed by atoms with Crippen molar-refractivity contribution in [3.05, 3.63) is 46.7 Å². The molecule has 0 bridgehead atoms. The summed E-state index contributed by atoms with van der Waals surface area (Å²) >= 11 is 1.39. The van der Waals surface area contributed by atoms with E-state index in [4.69, 9.17) is 4.74 Å². The molecule has 1 aromatic carbocycles. The average molecular weight is 416 g/mol. The molecular formula is C17H21NO5S3. The van der Waals surface area contributed by atoms with Crippen LogP contribution in [0, 0.1) is 0 Å². The Bertz CT molecular complexity index is 935. The van der Waals surface area contributed by atoms with Crippen LogP contribution in [0.15, 0.2) is 46.7 Å². The van der Waals surface area contributed by atoms with Crippen LogP contribution in [-0.4, -0.2) is 46.6 Å². The molecule has 3 rings (SSSR count). The van der Waals surface area contributed by atoms with Gasteiger partial charge in [0.05, 0.1) is 22.5 Å². The van der Waals surface area contributed by atoms with E-state index in [-0.39, 0.29) is 30.2 Å². The van der Waals surface area contributed by atoms with Gasteiger partial charge in [-0.15, -0.1) is 11.3 Å². The first-order valence-corrected chi connectivity index (χ1v) is 12.4.